The van der Waals surface area contributed by atoms with Crippen molar-refractivity contribution in [2.75, 3.05) is 0 Å². The SMILES string of the molecule is Cc1nn(C)c(C)c1C(OC(=O)c1ccncc1F)C(F)(F)F. The molecule has 0 saturated heterocycles. The average Bonchev–Trinajstić information content (AvgIpc) is 2.69. The topological polar surface area (TPSA) is 57.0 Å². The van der Waals surface area contributed by atoms with E-state index in [1.165, 1.54) is 25.6 Å². The van der Waals surface area contributed by atoms with Gasteiger partial charge >= 0.3 is 12.1 Å². The minimum atomic E-state index is -4.86. The monoisotopic (exact) mass is 331 g/mol. The predicted molar refractivity (Wildman–Crippen MR) is 71.1 cm³/mol. The first-order valence-corrected chi connectivity index (χ1v) is 6.50. The minimum Gasteiger partial charge on any atom is -0.444 e. The van der Waals surface area contributed by atoms with Gasteiger partial charge in [0.1, 0.15) is 0 Å². The molecule has 23 heavy (non-hydrogen) atoms. The van der Waals surface area contributed by atoms with Crippen molar-refractivity contribution >= 4 is 5.97 Å². The van der Waals surface area contributed by atoms with Gasteiger partial charge < -0.3 is 4.74 Å². The molecule has 2 heterocycles. The zero-order valence-electron chi connectivity index (χ0n) is 12.5. The van der Waals surface area contributed by atoms with E-state index in [0.717, 1.165) is 18.5 Å². The van der Waals surface area contributed by atoms with E-state index in [-0.39, 0.29) is 17.0 Å². The Morgan fingerprint density at radius 2 is 2.00 bits per heavy atom. The molecule has 2 aromatic heterocycles. The van der Waals surface area contributed by atoms with Crippen LogP contribution in [0, 0.1) is 19.7 Å². The molecule has 0 aliphatic heterocycles. The number of hydrogen-bond donors (Lipinski definition) is 0. The number of ether oxygens (including phenoxy) is 1. The van der Waals surface area contributed by atoms with Crippen molar-refractivity contribution in [3.63, 3.8) is 0 Å². The molecule has 0 N–H and O–H groups in total. The van der Waals surface area contributed by atoms with E-state index >= 15 is 0 Å². The third-order valence-electron chi connectivity index (χ3n) is 3.34. The summed E-state index contributed by atoms with van der Waals surface area (Å²) in [6.07, 6.45) is -5.59. The summed E-state index contributed by atoms with van der Waals surface area (Å²) in [4.78, 5) is 15.3. The van der Waals surface area contributed by atoms with Crippen LogP contribution in [0.2, 0.25) is 0 Å². The molecule has 0 radical (unpaired) electrons. The lowest BCUT2D eigenvalue weighted by Crippen LogP contribution is -2.27. The summed E-state index contributed by atoms with van der Waals surface area (Å²) in [5, 5.41) is 3.88. The van der Waals surface area contributed by atoms with Crippen LogP contribution in [0.1, 0.15) is 33.4 Å². The highest BCUT2D eigenvalue weighted by molar-refractivity contribution is 5.89. The van der Waals surface area contributed by atoms with Gasteiger partial charge in [-0.05, 0) is 19.9 Å². The highest BCUT2D eigenvalue weighted by atomic mass is 19.4. The van der Waals surface area contributed by atoms with Crippen LogP contribution in [-0.2, 0) is 11.8 Å². The van der Waals surface area contributed by atoms with Crippen molar-refractivity contribution in [3.05, 3.63) is 46.8 Å². The normalized spacial score (nSPS) is 13.0. The molecule has 5 nitrogen and oxygen atoms in total. The fourth-order valence-electron chi connectivity index (χ4n) is 2.17. The summed E-state index contributed by atoms with van der Waals surface area (Å²) in [6, 6.07) is 0.952. The summed E-state index contributed by atoms with van der Waals surface area (Å²) in [5.41, 5.74) is -0.598. The first kappa shape index (κ1) is 16.9. The highest BCUT2D eigenvalue weighted by Gasteiger charge is 2.47. The van der Waals surface area contributed by atoms with Gasteiger partial charge in [-0.2, -0.15) is 18.3 Å². The zero-order valence-corrected chi connectivity index (χ0v) is 12.5. The number of aromatic nitrogens is 3. The molecular weight excluding hydrogens is 318 g/mol. The Balaban J connectivity index is 2.42. The Morgan fingerprint density at radius 3 is 2.48 bits per heavy atom. The van der Waals surface area contributed by atoms with Gasteiger partial charge in [0, 0.05) is 24.5 Å². The smallest absolute Gasteiger partial charge is 0.430 e. The number of carbonyl (C=O) groups excluding carboxylic acids is 1. The third kappa shape index (κ3) is 3.33. The fourth-order valence-corrected chi connectivity index (χ4v) is 2.17. The number of hydrogen-bond acceptors (Lipinski definition) is 4. The Morgan fingerprint density at radius 1 is 1.35 bits per heavy atom. The van der Waals surface area contributed by atoms with Crippen molar-refractivity contribution in [2.45, 2.75) is 26.1 Å². The Bertz CT molecular complexity index is 740. The molecule has 0 aliphatic rings. The van der Waals surface area contributed by atoms with Crippen molar-refractivity contribution in [3.8, 4) is 0 Å². The molecule has 1 atom stereocenters. The van der Waals surface area contributed by atoms with Crippen LogP contribution >= 0.6 is 0 Å². The quantitative estimate of drug-likeness (QED) is 0.641. The number of pyridine rings is 1. The van der Waals surface area contributed by atoms with Crippen LogP contribution < -0.4 is 0 Å². The second-order valence-corrected chi connectivity index (χ2v) is 4.89. The molecular formula is C14H13F4N3O2. The predicted octanol–water partition coefficient (Wildman–Crippen LogP) is 3.03. The number of nitrogens with zero attached hydrogens (tertiary/aromatic N) is 3. The molecule has 0 amide bonds. The lowest BCUT2D eigenvalue weighted by atomic mass is 10.1. The van der Waals surface area contributed by atoms with Crippen molar-refractivity contribution < 1.29 is 27.1 Å². The Hall–Kier alpha value is -2.45. The van der Waals surface area contributed by atoms with E-state index in [1.807, 2.05) is 0 Å². The first-order chi connectivity index (χ1) is 10.6. The molecule has 0 aliphatic carbocycles. The number of rotatable bonds is 3. The molecule has 2 aromatic rings. The van der Waals surface area contributed by atoms with Crippen LogP contribution in [-0.4, -0.2) is 26.9 Å². The number of halogens is 4. The summed E-state index contributed by atoms with van der Waals surface area (Å²) in [6.45, 7) is 2.80. The van der Waals surface area contributed by atoms with Crippen LogP contribution in [0.5, 0.6) is 0 Å². The number of carbonyl (C=O) groups is 1. The summed E-state index contributed by atoms with van der Waals surface area (Å²) in [5.74, 6) is -2.48. The van der Waals surface area contributed by atoms with E-state index in [1.54, 1.807) is 0 Å². The largest absolute Gasteiger partial charge is 0.444 e. The molecule has 0 spiro atoms. The standard InChI is InChI=1S/C14H13F4N3O2/c1-7-11(8(2)21(3)20-7)12(14(16,17)18)23-13(22)9-4-5-19-6-10(9)15/h4-6,12H,1-3H3. The van der Waals surface area contributed by atoms with Crippen LogP contribution in [0.3, 0.4) is 0 Å². The van der Waals surface area contributed by atoms with Gasteiger partial charge in [0.25, 0.3) is 0 Å². The molecule has 0 aromatic carbocycles. The van der Waals surface area contributed by atoms with Gasteiger partial charge in [0.2, 0.25) is 6.10 Å². The van der Waals surface area contributed by atoms with Gasteiger partial charge in [0.05, 0.1) is 17.5 Å². The molecule has 0 fully saturated rings. The third-order valence-corrected chi connectivity index (χ3v) is 3.34. The Labute approximate surface area is 128 Å². The molecule has 0 bridgehead atoms. The molecule has 9 heteroatoms. The van der Waals surface area contributed by atoms with Gasteiger partial charge in [-0.25, -0.2) is 9.18 Å². The second kappa shape index (κ2) is 5.98. The van der Waals surface area contributed by atoms with E-state index in [0.29, 0.717) is 0 Å². The molecule has 2 rings (SSSR count). The Kier molecular flexibility index (Phi) is 4.39. The molecule has 124 valence electrons. The van der Waals surface area contributed by atoms with Gasteiger partial charge in [-0.1, -0.05) is 0 Å². The van der Waals surface area contributed by atoms with Gasteiger partial charge in [0.15, 0.2) is 5.82 Å². The van der Waals surface area contributed by atoms with Crippen molar-refractivity contribution in [1.29, 1.82) is 0 Å². The van der Waals surface area contributed by atoms with E-state index in [4.69, 9.17) is 0 Å². The van der Waals surface area contributed by atoms with Crippen LogP contribution in [0.15, 0.2) is 18.5 Å². The number of esters is 1. The first-order valence-electron chi connectivity index (χ1n) is 6.50. The zero-order chi connectivity index (χ0) is 17.4. The number of alkyl halides is 3. The lowest BCUT2D eigenvalue weighted by molar-refractivity contribution is -0.207. The minimum absolute atomic E-state index is 0.0790. The van der Waals surface area contributed by atoms with Crippen molar-refractivity contribution in [1.82, 2.24) is 14.8 Å². The van der Waals surface area contributed by atoms with Crippen LogP contribution in [0.25, 0.3) is 0 Å². The fraction of sp³-hybridized carbons (Fsp3) is 0.357. The van der Waals surface area contributed by atoms with E-state index in [9.17, 15) is 22.4 Å². The lowest BCUT2D eigenvalue weighted by Gasteiger charge is -2.21. The average molecular weight is 331 g/mol. The summed E-state index contributed by atoms with van der Waals surface area (Å²) < 4.78 is 59.3. The van der Waals surface area contributed by atoms with E-state index in [2.05, 4.69) is 14.8 Å². The second-order valence-electron chi connectivity index (χ2n) is 4.89. The maximum Gasteiger partial charge on any atom is 0.430 e. The molecule has 1 unspecified atom stereocenters. The summed E-state index contributed by atoms with van der Waals surface area (Å²) in [7, 11) is 1.48. The maximum atomic E-state index is 13.5. The maximum absolute atomic E-state index is 13.5. The van der Waals surface area contributed by atoms with Crippen molar-refractivity contribution in [2.24, 2.45) is 7.05 Å². The summed E-state index contributed by atoms with van der Waals surface area (Å²) >= 11 is 0. The van der Waals surface area contributed by atoms with Gasteiger partial charge in [-0.3, -0.25) is 9.67 Å². The van der Waals surface area contributed by atoms with Gasteiger partial charge in [-0.15, -0.1) is 0 Å². The highest BCUT2D eigenvalue weighted by Crippen LogP contribution is 2.39. The van der Waals surface area contributed by atoms with E-state index < -0.39 is 29.6 Å². The number of aryl methyl sites for hydroxylation is 2. The van der Waals surface area contributed by atoms with Crippen LogP contribution in [0.4, 0.5) is 17.6 Å². The molecule has 0 saturated carbocycles.